The molecule has 1 aromatic rings. The SMILES string of the molecule is Cl.OC1CCNC1c1ccc(Br)cc1. The zero-order chi connectivity index (χ0) is 9.26. The van der Waals surface area contributed by atoms with Gasteiger partial charge < -0.3 is 10.4 Å². The second-order valence-corrected chi connectivity index (χ2v) is 4.26. The monoisotopic (exact) mass is 277 g/mol. The molecule has 0 saturated carbocycles. The standard InChI is InChI=1S/C10H12BrNO.ClH/c11-8-3-1-7(2-4-8)10-9(13)5-6-12-10;/h1-4,9-10,12-13H,5-6H2;1H. The summed E-state index contributed by atoms with van der Waals surface area (Å²) in [5.74, 6) is 0. The van der Waals surface area contributed by atoms with Gasteiger partial charge in [0, 0.05) is 4.47 Å². The largest absolute Gasteiger partial charge is 0.391 e. The minimum atomic E-state index is -0.235. The fourth-order valence-corrected chi connectivity index (χ4v) is 1.96. The van der Waals surface area contributed by atoms with E-state index in [0.717, 1.165) is 23.0 Å². The zero-order valence-electron chi connectivity index (χ0n) is 7.61. The molecule has 0 spiro atoms. The molecule has 1 saturated heterocycles. The average Bonchev–Trinajstić information content (AvgIpc) is 2.53. The average molecular weight is 279 g/mol. The number of aliphatic hydroxyl groups is 1. The Morgan fingerprint density at radius 2 is 1.93 bits per heavy atom. The summed E-state index contributed by atoms with van der Waals surface area (Å²) in [6, 6.07) is 8.20. The summed E-state index contributed by atoms with van der Waals surface area (Å²) >= 11 is 3.39. The Bertz CT molecular complexity index is 291. The molecule has 2 nitrogen and oxygen atoms in total. The van der Waals surface area contributed by atoms with Crippen molar-refractivity contribution in [2.75, 3.05) is 6.54 Å². The minimum Gasteiger partial charge on any atom is -0.391 e. The number of aliphatic hydroxyl groups excluding tert-OH is 1. The normalized spacial score (nSPS) is 25.9. The van der Waals surface area contributed by atoms with Crippen LogP contribution in [0.25, 0.3) is 0 Å². The summed E-state index contributed by atoms with van der Waals surface area (Å²) in [5, 5.41) is 12.9. The first-order valence-corrected chi connectivity index (χ1v) is 5.23. The van der Waals surface area contributed by atoms with E-state index in [1.54, 1.807) is 0 Å². The Morgan fingerprint density at radius 3 is 2.43 bits per heavy atom. The van der Waals surface area contributed by atoms with Crippen molar-refractivity contribution >= 4 is 28.3 Å². The van der Waals surface area contributed by atoms with Crippen molar-refractivity contribution in [1.82, 2.24) is 5.32 Å². The van der Waals surface area contributed by atoms with Crippen LogP contribution in [0.1, 0.15) is 18.0 Å². The van der Waals surface area contributed by atoms with E-state index in [0.29, 0.717) is 0 Å². The second kappa shape index (κ2) is 5.12. The van der Waals surface area contributed by atoms with Gasteiger partial charge in [0.1, 0.15) is 0 Å². The summed E-state index contributed by atoms with van der Waals surface area (Å²) < 4.78 is 1.07. The van der Waals surface area contributed by atoms with E-state index >= 15 is 0 Å². The van der Waals surface area contributed by atoms with Crippen LogP contribution in [0.2, 0.25) is 0 Å². The van der Waals surface area contributed by atoms with Gasteiger partial charge in [-0.2, -0.15) is 0 Å². The molecule has 0 amide bonds. The molecule has 2 atom stereocenters. The molecule has 2 N–H and O–H groups in total. The molecule has 1 aliphatic heterocycles. The summed E-state index contributed by atoms with van der Waals surface area (Å²) in [7, 11) is 0. The van der Waals surface area contributed by atoms with Gasteiger partial charge in [0.25, 0.3) is 0 Å². The smallest absolute Gasteiger partial charge is 0.0747 e. The number of benzene rings is 1. The molecule has 0 aliphatic carbocycles. The first-order valence-electron chi connectivity index (χ1n) is 4.44. The highest BCUT2D eigenvalue weighted by Crippen LogP contribution is 2.24. The maximum absolute atomic E-state index is 9.64. The Hall–Kier alpha value is -0.0900. The third kappa shape index (κ3) is 2.48. The lowest BCUT2D eigenvalue weighted by Crippen LogP contribution is -2.20. The van der Waals surface area contributed by atoms with E-state index in [-0.39, 0.29) is 24.6 Å². The molecule has 78 valence electrons. The molecule has 1 aliphatic rings. The summed E-state index contributed by atoms with van der Waals surface area (Å²) in [6.07, 6.45) is 0.613. The highest BCUT2D eigenvalue weighted by atomic mass is 79.9. The predicted octanol–water partition coefficient (Wildman–Crippen LogP) is 2.27. The number of rotatable bonds is 1. The Labute approximate surface area is 98.3 Å². The molecule has 4 heteroatoms. The molecule has 0 aromatic heterocycles. The van der Waals surface area contributed by atoms with E-state index in [4.69, 9.17) is 0 Å². The van der Waals surface area contributed by atoms with Crippen LogP contribution in [0, 0.1) is 0 Å². The van der Waals surface area contributed by atoms with Crippen LogP contribution in [0.3, 0.4) is 0 Å². The molecule has 1 aromatic carbocycles. The van der Waals surface area contributed by atoms with Crippen molar-refractivity contribution in [2.45, 2.75) is 18.6 Å². The van der Waals surface area contributed by atoms with Gasteiger partial charge in [0.15, 0.2) is 0 Å². The van der Waals surface area contributed by atoms with Gasteiger partial charge in [0.05, 0.1) is 12.1 Å². The molecule has 2 unspecified atom stereocenters. The van der Waals surface area contributed by atoms with Gasteiger partial charge in [-0.15, -0.1) is 12.4 Å². The predicted molar refractivity (Wildman–Crippen MR) is 62.8 cm³/mol. The van der Waals surface area contributed by atoms with Gasteiger partial charge in [-0.3, -0.25) is 0 Å². The summed E-state index contributed by atoms with van der Waals surface area (Å²) in [6.45, 7) is 0.905. The lowest BCUT2D eigenvalue weighted by atomic mass is 10.0. The zero-order valence-corrected chi connectivity index (χ0v) is 10.0. The molecule has 1 heterocycles. The lowest BCUT2D eigenvalue weighted by Gasteiger charge is -2.14. The Kier molecular flexibility index (Phi) is 4.38. The van der Waals surface area contributed by atoms with Crippen molar-refractivity contribution in [3.63, 3.8) is 0 Å². The fraction of sp³-hybridized carbons (Fsp3) is 0.400. The van der Waals surface area contributed by atoms with Crippen molar-refractivity contribution in [3.05, 3.63) is 34.3 Å². The molecular formula is C10H13BrClNO. The van der Waals surface area contributed by atoms with Crippen LogP contribution in [0.4, 0.5) is 0 Å². The van der Waals surface area contributed by atoms with E-state index in [2.05, 4.69) is 21.2 Å². The minimum absolute atomic E-state index is 0. The number of nitrogens with one attached hydrogen (secondary N) is 1. The fourth-order valence-electron chi connectivity index (χ4n) is 1.70. The van der Waals surface area contributed by atoms with Crippen LogP contribution >= 0.6 is 28.3 Å². The summed E-state index contributed by atoms with van der Waals surface area (Å²) in [4.78, 5) is 0. The maximum atomic E-state index is 9.64. The Balaban J connectivity index is 0.000000980. The molecular weight excluding hydrogens is 265 g/mol. The van der Waals surface area contributed by atoms with Crippen molar-refractivity contribution in [2.24, 2.45) is 0 Å². The van der Waals surface area contributed by atoms with Gasteiger partial charge in [-0.05, 0) is 30.7 Å². The van der Waals surface area contributed by atoms with Crippen molar-refractivity contribution in [3.8, 4) is 0 Å². The van der Waals surface area contributed by atoms with Gasteiger partial charge in [-0.1, -0.05) is 28.1 Å². The third-order valence-electron chi connectivity index (χ3n) is 2.42. The van der Waals surface area contributed by atoms with E-state index in [1.165, 1.54) is 0 Å². The highest BCUT2D eigenvalue weighted by Gasteiger charge is 2.25. The molecule has 2 rings (SSSR count). The van der Waals surface area contributed by atoms with Gasteiger partial charge >= 0.3 is 0 Å². The summed E-state index contributed by atoms with van der Waals surface area (Å²) in [5.41, 5.74) is 1.16. The molecule has 14 heavy (non-hydrogen) atoms. The quantitative estimate of drug-likeness (QED) is 0.826. The number of hydrogen-bond acceptors (Lipinski definition) is 2. The van der Waals surface area contributed by atoms with E-state index in [1.807, 2.05) is 24.3 Å². The van der Waals surface area contributed by atoms with Crippen molar-refractivity contribution < 1.29 is 5.11 Å². The first kappa shape index (κ1) is 12.0. The van der Waals surface area contributed by atoms with Gasteiger partial charge in [0.2, 0.25) is 0 Å². The molecule has 0 bridgehead atoms. The van der Waals surface area contributed by atoms with E-state index in [9.17, 15) is 5.11 Å². The van der Waals surface area contributed by atoms with Crippen LogP contribution < -0.4 is 5.32 Å². The van der Waals surface area contributed by atoms with E-state index < -0.39 is 0 Å². The Morgan fingerprint density at radius 1 is 1.29 bits per heavy atom. The third-order valence-corrected chi connectivity index (χ3v) is 2.95. The molecule has 0 radical (unpaired) electrons. The maximum Gasteiger partial charge on any atom is 0.0747 e. The van der Waals surface area contributed by atoms with Crippen molar-refractivity contribution in [1.29, 1.82) is 0 Å². The molecule has 1 fully saturated rings. The number of hydrogen-bond donors (Lipinski definition) is 2. The van der Waals surface area contributed by atoms with Crippen LogP contribution in [0.5, 0.6) is 0 Å². The van der Waals surface area contributed by atoms with Gasteiger partial charge in [-0.25, -0.2) is 0 Å². The lowest BCUT2D eigenvalue weighted by molar-refractivity contribution is 0.160. The second-order valence-electron chi connectivity index (χ2n) is 3.34. The topological polar surface area (TPSA) is 32.3 Å². The van der Waals surface area contributed by atoms with Crippen LogP contribution in [0.15, 0.2) is 28.7 Å². The van der Waals surface area contributed by atoms with Crippen LogP contribution in [-0.2, 0) is 0 Å². The highest BCUT2D eigenvalue weighted by molar-refractivity contribution is 9.10. The number of halogens is 2. The first-order chi connectivity index (χ1) is 6.27. The van der Waals surface area contributed by atoms with Crippen LogP contribution in [-0.4, -0.2) is 17.8 Å².